The summed E-state index contributed by atoms with van der Waals surface area (Å²) in [6.45, 7) is 6.15. The zero-order chi connectivity index (χ0) is 14.0. The SMILES string of the molecule is CC(C)(C)[C@H](N)c1nc(Cc2cccc(Br)c2)no1. The van der Waals surface area contributed by atoms with Gasteiger partial charge in [-0.25, -0.2) is 0 Å². The van der Waals surface area contributed by atoms with Crippen LogP contribution >= 0.6 is 15.9 Å². The number of nitrogens with two attached hydrogens (primary N) is 1. The van der Waals surface area contributed by atoms with Gasteiger partial charge in [0.15, 0.2) is 5.82 Å². The maximum Gasteiger partial charge on any atom is 0.244 e. The van der Waals surface area contributed by atoms with E-state index in [0.29, 0.717) is 18.1 Å². The molecule has 0 radical (unpaired) electrons. The molecule has 0 saturated carbocycles. The topological polar surface area (TPSA) is 64.9 Å². The van der Waals surface area contributed by atoms with Gasteiger partial charge >= 0.3 is 0 Å². The van der Waals surface area contributed by atoms with Crippen molar-refractivity contribution >= 4 is 15.9 Å². The molecule has 1 heterocycles. The number of hydrogen-bond donors (Lipinski definition) is 1. The Morgan fingerprint density at radius 3 is 2.74 bits per heavy atom. The first kappa shape index (κ1) is 14.2. The van der Waals surface area contributed by atoms with Gasteiger partial charge in [0.1, 0.15) is 0 Å². The average molecular weight is 324 g/mol. The maximum absolute atomic E-state index is 6.10. The third-order valence-electron chi connectivity index (χ3n) is 2.93. The molecule has 4 nitrogen and oxygen atoms in total. The van der Waals surface area contributed by atoms with Crippen LogP contribution in [0.4, 0.5) is 0 Å². The molecule has 5 heteroatoms. The fourth-order valence-electron chi connectivity index (χ4n) is 1.67. The summed E-state index contributed by atoms with van der Waals surface area (Å²) in [7, 11) is 0. The first-order valence-corrected chi connectivity index (χ1v) is 6.98. The van der Waals surface area contributed by atoms with E-state index in [1.807, 2.05) is 24.3 Å². The minimum absolute atomic E-state index is 0.0976. The molecule has 2 aromatic rings. The van der Waals surface area contributed by atoms with Crippen LogP contribution < -0.4 is 5.73 Å². The molecule has 2 N–H and O–H groups in total. The lowest BCUT2D eigenvalue weighted by Gasteiger charge is -2.23. The van der Waals surface area contributed by atoms with E-state index < -0.39 is 0 Å². The Labute approximate surface area is 121 Å². The van der Waals surface area contributed by atoms with Gasteiger partial charge < -0.3 is 10.3 Å². The molecule has 0 aliphatic rings. The van der Waals surface area contributed by atoms with Gasteiger partial charge in [-0.3, -0.25) is 0 Å². The normalized spacial score (nSPS) is 13.5. The van der Waals surface area contributed by atoms with Crippen LogP contribution in [0.5, 0.6) is 0 Å². The number of nitrogens with zero attached hydrogens (tertiary/aromatic N) is 2. The minimum atomic E-state index is -0.253. The van der Waals surface area contributed by atoms with E-state index in [1.165, 1.54) is 0 Å². The van der Waals surface area contributed by atoms with Crippen molar-refractivity contribution in [3.05, 3.63) is 46.0 Å². The van der Waals surface area contributed by atoms with E-state index in [1.54, 1.807) is 0 Å². The lowest BCUT2D eigenvalue weighted by atomic mass is 9.87. The summed E-state index contributed by atoms with van der Waals surface area (Å²) in [6.07, 6.45) is 0.639. The second kappa shape index (κ2) is 5.43. The molecule has 0 aliphatic carbocycles. The average Bonchev–Trinajstić information content (AvgIpc) is 2.75. The van der Waals surface area contributed by atoms with Gasteiger partial charge in [-0.1, -0.05) is 54.0 Å². The van der Waals surface area contributed by atoms with Crippen LogP contribution in [-0.2, 0) is 6.42 Å². The Morgan fingerprint density at radius 2 is 2.11 bits per heavy atom. The summed E-state index contributed by atoms with van der Waals surface area (Å²) >= 11 is 3.45. The molecule has 0 unspecified atom stereocenters. The van der Waals surface area contributed by atoms with Gasteiger partial charge in [0.25, 0.3) is 0 Å². The molecule has 0 spiro atoms. The lowest BCUT2D eigenvalue weighted by molar-refractivity contribution is 0.252. The van der Waals surface area contributed by atoms with Crippen LogP contribution in [0.15, 0.2) is 33.3 Å². The van der Waals surface area contributed by atoms with Gasteiger partial charge in [0.2, 0.25) is 5.89 Å². The number of halogens is 1. The minimum Gasteiger partial charge on any atom is -0.338 e. The molecule has 0 aliphatic heterocycles. The molecule has 0 amide bonds. The van der Waals surface area contributed by atoms with E-state index in [0.717, 1.165) is 10.0 Å². The zero-order valence-electron chi connectivity index (χ0n) is 11.4. The number of benzene rings is 1. The fourth-order valence-corrected chi connectivity index (χ4v) is 2.11. The molecule has 1 atom stereocenters. The van der Waals surface area contributed by atoms with Crippen LogP contribution in [0.1, 0.15) is 44.1 Å². The van der Waals surface area contributed by atoms with Crippen molar-refractivity contribution in [2.45, 2.75) is 33.2 Å². The molecular formula is C14H18BrN3O. The molecule has 0 saturated heterocycles. The Bertz CT molecular complexity index is 560. The molecule has 0 bridgehead atoms. The van der Waals surface area contributed by atoms with E-state index in [2.05, 4.69) is 46.8 Å². The van der Waals surface area contributed by atoms with Crippen LogP contribution in [-0.4, -0.2) is 10.1 Å². The summed E-state index contributed by atoms with van der Waals surface area (Å²) in [5, 5.41) is 3.99. The van der Waals surface area contributed by atoms with E-state index >= 15 is 0 Å². The van der Waals surface area contributed by atoms with Crippen LogP contribution in [0.25, 0.3) is 0 Å². The maximum atomic E-state index is 6.10. The molecule has 2 rings (SSSR count). The van der Waals surface area contributed by atoms with Crippen LogP contribution in [0.3, 0.4) is 0 Å². The number of hydrogen-bond acceptors (Lipinski definition) is 4. The molecule has 19 heavy (non-hydrogen) atoms. The summed E-state index contributed by atoms with van der Waals surface area (Å²) in [5.41, 5.74) is 7.13. The highest BCUT2D eigenvalue weighted by Gasteiger charge is 2.27. The van der Waals surface area contributed by atoms with Gasteiger partial charge in [-0.15, -0.1) is 0 Å². The predicted octanol–water partition coefficient (Wildman–Crippen LogP) is 3.47. The van der Waals surface area contributed by atoms with Crippen LogP contribution in [0, 0.1) is 5.41 Å². The quantitative estimate of drug-likeness (QED) is 0.939. The largest absolute Gasteiger partial charge is 0.338 e. The van der Waals surface area contributed by atoms with Crippen LogP contribution in [0.2, 0.25) is 0 Å². The molecular weight excluding hydrogens is 306 g/mol. The molecule has 0 fully saturated rings. The number of rotatable bonds is 3. The van der Waals surface area contributed by atoms with E-state index in [4.69, 9.17) is 10.3 Å². The van der Waals surface area contributed by atoms with Gasteiger partial charge in [0.05, 0.1) is 6.04 Å². The third kappa shape index (κ3) is 3.64. The smallest absolute Gasteiger partial charge is 0.244 e. The Hall–Kier alpha value is -1.20. The van der Waals surface area contributed by atoms with Crippen molar-refractivity contribution in [2.75, 3.05) is 0 Å². The summed E-state index contributed by atoms with van der Waals surface area (Å²) in [4.78, 5) is 4.38. The summed E-state index contributed by atoms with van der Waals surface area (Å²) in [6, 6.07) is 7.79. The number of aromatic nitrogens is 2. The van der Waals surface area contributed by atoms with E-state index in [9.17, 15) is 0 Å². The second-order valence-corrected chi connectivity index (χ2v) is 6.61. The zero-order valence-corrected chi connectivity index (χ0v) is 12.9. The van der Waals surface area contributed by atoms with Crippen molar-refractivity contribution in [1.82, 2.24) is 10.1 Å². The highest BCUT2D eigenvalue weighted by Crippen LogP contribution is 2.29. The summed E-state index contributed by atoms with van der Waals surface area (Å²) in [5.74, 6) is 1.16. The van der Waals surface area contributed by atoms with Crippen molar-refractivity contribution in [3.63, 3.8) is 0 Å². The van der Waals surface area contributed by atoms with Crippen molar-refractivity contribution in [2.24, 2.45) is 11.1 Å². The fraction of sp³-hybridized carbons (Fsp3) is 0.429. The first-order valence-electron chi connectivity index (χ1n) is 6.19. The Kier molecular flexibility index (Phi) is 4.06. The summed E-state index contributed by atoms with van der Waals surface area (Å²) < 4.78 is 6.30. The molecule has 1 aromatic heterocycles. The van der Waals surface area contributed by atoms with Gasteiger partial charge in [-0.2, -0.15) is 4.98 Å². The standard InChI is InChI=1S/C14H18BrN3O/c1-14(2,3)12(16)13-17-11(18-19-13)8-9-5-4-6-10(15)7-9/h4-7,12H,8,16H2,1-3H3/t12-/m1/s1. The molecule has 1 aromatic carbocycles. The van der Waals surface area contributed by atoms with Crippen molar-refractivity contribution in [1.29, 1.82) is 0 Å². The Morgan fingerprint density at radius 1 is 1.37 bits per heavy atom. The first-order chi connectivity index (χ1) is 8.86. The highest BCUT2D eigenvalue weighted by molar-refractivity contribution is 9.10. The van der Waals surface area contributed by atoms with Crippen molar-refractivity contribution < 1.29 is 4.52 Å². The second-order valence-electron chi connectivity index (χ2n) is 5.70. The van der Waals surface area contributed by atoms with Gasteiger partial charge in [0, 0.05) is 10.9 Å². The van der Waals surface area contributed by atoms with E-state index in [-0.39, 0.29) is 11.5 Å². The Balaban J connectivity index is 2.14. The van der Waals surface area contributed by atoms with Crippen molar-refractivity contribution in [3.8, 4) is 0 Å². The highest BCUT2D eigenvalue weighted by atomic mass is 79.9. The monoisotopic (exact) mass is 323 g/mol. The van der Waals surface area contributed by atoms with Gasteiger partial charge in [-0.05, 0) is 23.1 Å². The molecule has 102 valence electrons. The lowest BCUT2D eigenvalue weighted by Crippen LogP contribution is -2.26. The predicted molar refractivity (Wildman–Crippen MR) is 77.6 cm³/mol. The third-order valence-corrected chi connectivity index (χ3v) is 3.43.